The maximum atomic E-state index is 12.5. The van der Waals surface area contributed by atoms with Crippen LogP contribution in [-0.4, -0.2) is 17.5 Å². The first-order chi connectivity index (χ1) is 13.2. The molecule has 2 N–H and O–H groups in total. The molecule has 5 nitrogen and oxygen atoms in total. The van der Waals surface area contributed by atoms with Crippen LogP contribution >= 0.6 is 0 Å². The van der Waals surface area contributed by atoms with E-state index in [1.807, 2.05) is 49.4 Å². The van der Waals surface area contributed by atoms with Crippen LogP contribution in [0.5, 0.6) is 5.75 Å². The van der Waals surface area contributed by atoms with Crippen molar-refractivity contribution in [3.05, 3.63) is 84.1 Å². The van der Waals surface area contributed by atoms with E-state index in [0.29, 0.717) is 23.7 Å². The number of hydrogen-bond acceptors (Lipinski definition) is 4. The lowest BCUT2D eigenvalue weighted by Crippen LogP contribution is -2.13. The molecule has 1 atom stereocenters. The van der Waals surface area contributed by atoms with Crippen LogP contribution in [0.25, 0.3) is 0 Å². The van der Waals surface area contributed by atoms with Gasteiger partial charge in [0.1, 0.15) is 11.6 Å². The van der Waals surface area contributed by atoms with Crippen molar-refractivity contribution in [1.29, 1.82) is 0 Å². The summed E-state index contributed by atoms with van der Waals surface area (Å²) in [6.45, 7) is 4.60. The van der Waals surface area contributed by atoms with Gasteiger partial charge in [-0.1, -0.05) is 30.3 Å². The second-order valence-corrected chi connectivity index (χ2v) is 6.12. The maximum absolute atomic E-state index is 12.5. The number of hydrogen-bond donors (Lipinski definition) is 2. The zero-order valence-electron chi connectivity index (χ0n) is 15.5. The number of carbonyl (C=O) groups excluding carboxylic acids is 1. The Morgan fingerprint density at radius 3 is 2.52 bits per heavy atom. The fourth-order valence-electron chi connectivity index (χ4n) is 2.70. The third kappa shape index (κ3) is 5.07. The molecule has 1 aromatic heterocycles. The standard InChI is InChI=1S/C22H23N3O2/c1-3-27-20-11-9-19(10-12-20)25-22(26)18-13-14-23-21(15-18)24-16(2)17-7-5-4-6-8-17/h4-16H,3H2,1-2H3,(H,23,24)(H,25,26). The van der Waals surface area contributed by atoms with Crippen molar-refractivity contribution in [2.75, 3.05) is 17.2 Å². The minimum atomic E-state index is -0.183. The number of pyridine rings is 1. The van der Waals surface area contributed by atoms with Gasteiger partial charge in [-0.25, -0.2) is 4.98 Å². The number of nitrogens with zero attached hydrogens (tertiary/aromatic N) is 1. The van der Waals surface area contributed by atoms with Gasteiger partial charge in [-0.05, 0) is 55.8 Å². The minimum absolute atomic E-state index is 0.0862. The van der Waals surface area contributed by atoms with E-state index in [2.05, 4.69) is 34.7 Å². The zero-order chi connectivity index (χ0) is 19.1. The lowest BCUT2D eigenvalue weighted by Gasteiger charge is -2.15. The molecule has 0 bridgehead atoms. The van der Waals surface area contributed by atoms with E-state index in [0.717, 1.165) is 11.3 Å². The van der Waals surface area contributed by atoms with Crippen molar-refractivity contribution in [3.63, 3.8) is 0 Å². The van der Waals surface area contributed by atoms with Crippen LogP contribution in [0.3, 0.4) is 0 Å². The zero-order valence-corrected chi connectivity index (χ0v) is 15.5. The summed E-state index contributed by atoms with van der Waals surface area (Å²) in [4.78, 5) is 16.9. The second kappa shape index (κ2) is 8.85. The molecule has 3 aromatic rings. The van der Waals surface area contributed by atoms with Crippen molar-refractivity contribution in [2.45, 2.75) is 19.9 Å². The average Bonchev–Trinajstić information content (AvgIpc) is 2.70. The summed E-state index contributed by atoms with van der Waals surface area (Å²) < 4.78 is 5.41. The fourth-order valence-corrected chi connectivity index (χ4v) is 2.70. The van der Waals surface area contributed by atoms with Crippen LogP contribution in [0.4, 0.5) is 11.5 Å². The van der Waals surface area contributed by atoms with Gasteiger partial charge in [0.2, 0.25) is 0 Å². The molecular formula is C22H23N3O2. The van der Waals surface area contributed by atoms with Crippen LogP contribution in [0.15, 0.2) is 72.9 Å². The molecule has 27 heavy (non-hydrogen) atoms. The smallest absolute Gasteiger partial charge is 0.255 e. The van der Waals surface area contributed by atoms with Gasteiger partial charge in [-0.15, -0.1) is 0 Å². The summed E-state index contributed by atoms with van der Waals surface area (Å²) in [5.41, 5.74) is 2.41. The highest BCUT2D eigenvalue weighted by Crippen LogP contribution is 2.19. The van der Waals surface area contributed by atoms with Gasteiger partial charge < -0.3 is 15.4 Å². The SMILES string of the molecule is CCOc1ccc(NC(=O)c2ccnc(NC(C)c3ccccc3)c2)cc1. The van der Waals surface area contributed by atoms with Crippen molar-refractivity contribution in [3.8, 4) is 5.75 Å². The van der Waals surface area contributed by atoms with Crippen LogP contribution < -0.4 is 15.4 Å². The lowest BCUT2D eigenvalue weighted by atomic mass is 10.1. The quantitative estimate of drug-likeness (QED) is 0.628. The molecule has 0 radical (unpaired) electrons. The van der Waals surface area contributed by atoms with Gasteiger partial charge in [0.15, 0.2) is 0 Å². The second-order valence-electron chi connectivity index (χ2n) is 6.12. The van der Waals surface area contributed by atoms with E-state index >= 15 is 0 Å². The van der Waals surface area contributed by atoms with Gasteiger partial charge in [-0.2, -0.15) is 0 Å². The summed E-state index contributed by atoms with van der Waals surface area (Å²) >= 11 is 0. The topological polar surface area (TPSA) is 63.2 Å². The molecule has 0 aliphatic carbocycles. The Morgan fingerprint density at radius 2 is 1.81 bits per heavy atom. The lowest BCUT2D eigenvalue weighted by molar-refractivity contribution is 0.102. The fraction of sp³-hybridized carbons (Fsp3) is 0.182. The Labute approximate surface area is 159 Å². The number of nitrogens with one attached hydrogen (secondary N) is 2. The molecule has 0 spiro atoms. The maximum Gasteiger partial charge on any atom is 0.255 e. The van der Waals surface area contributed by atoms with Crippen LogP contribution in [0.2, 0.25) is 0 Å². The summed E-state index contributed by atoms with van der Waals surface area (Å²) in [5, 5.41) is 6.22. The summed E-state index contributed by atoms with van der Waals surface area (Å²) in [7, 11) is 0. The molecule has 1 amide bonds. The van der Waals surface area contributed by atoms with Gasteiger partial charge in [0.25, 0.3) is 5.91 Å². The average molecular weight is 361 g/mol. The molecule has 1 unspecified atom stereocenters. The molecule has 0 aliphatic heterocycles. The summed E-state index contributed by atoms with van der Waals surface area (Å²) in [5.74, 6) is 1.25. The highest BCUT2D eigenvalue weighted by atomic mass is 16.5. The Balaban J connectivity index is 1.66. The minimum Gasteiger partial charge on any atom is -0.494 e. The number of amides is 1. The van der Waals surface area contributed by atoms with Crippen LogP contribution in [-0.2, 0) is 0 Å². The van der Waals surface area contributed by atoms with Crippen LogP contribution in [0.1, 0.15) is 35.8 Å². The van der Waals surface area contributed by atoms with Crippen molar-refractivity contribution in [1.82, 2.24) is 4.98 Å². The number of rotatable bonds is 7. The Hall–Kier alpha value is -3.34. The normalized spacial score (nSPS) is 11.5. The Morgan fingerprint density at radius 1 is 1.07 bits per heavy atom. The molecule has 2 aromatic carbocycles. The molecule has 0 aliphatic rings. The Bertz CT molecular complexity index is 880. The molecule has 1 heterocycles. The van der Waals surface area contributed by atoms with E-state index in [-0.39, 0.29) is 11.9 Å². The molecule has 3 rings (SSSR count). The summed E-state index contributed by atoms with van der Waals surface area (Å²) in [6, 6.07) is 20.9. The number of ether oxygens (including phenoxy) is 1. The third-order valence-corrected chi connectivity index (χ3v) is 4.11. The number of carbonyl (C=O) groups is 1. The molecule has 0 fully saturated rings. The van der Waals surface area contributed by atoms with Crippen LogP contribution in [0, 0.1) is 0 Å². The van der Waals surface area contributed by atoms with E-state index < -0.39 is 0 Å². The van der Waals surface area contributed by atoms with E-state index in [1.165, 1.54) is 0 Å². The van der Waals surface area contributed by atoms with Gasteiger partial charge in [0, 0.05) is 23.5 Å². The summed E-state index contributed by atoms with van der Waals surface area (Å²) in [6.07, 6.45) is 1.63. The Kier molecular flexibility index (Phi) is 6.05. The largest absolute Gasteiger partial charge is 0.494 e. The third-order valence-electron chi connectivity index (χ3n) is 4.11. The van der Waals surface area contributed by atoms with Crippen molar-refractivity contribution in [2.24, 2.45) is 0 Å². The van der Waals surface area contributed by atoms with E-state index in [1.54, 1.807) is 18.3 Å². The van der Waals surface area contributed by atoms with Gasteiger partial charge >= 0.3 is 0 Å². The van der Waals surface area contributed by atoms with Crippen molar-refractivity contribution >= 4 is 17.4 Å². The first-order valence-electron chi connectivity index (χ1n) is 8.97. The number of aromatic nitrogens is 1. The first-order valence-corrected chi connectivity index (χ1v) is 8.97. The number of benzene rings is 2. The first kappa shape index (κ1) is 18.5. The predicted octanol–water partition coefficient (Wildman–Crippen LogP) is 4.91. The van der Waals surface area contributed by atoms with E-state index in [9.17, 15) is 4.79 Å². The number of anilines is 2. The van der Waals surface area contributed by atoms with Crippen molar-refractivity contribution < 1.29 is 9.53 Å². The molecule has 5 heteroatoms. The molecular weight excluding hydrogens is 338 g/mol. The monoisotopic (exact) mass is 361 g/mol. The molecule has 0 saturated heterocycles. The molecule has 0 saturated carbocycles. The highest BCUT2D eigenvalue weighted by molar-refractivity contribution is 6.04. The van der Waals surface area contributed by atoms with E-state index in [4.69, 9.17) is 4.74 Å². The van der Waals surface area contributed by atoms with Gasteiger partial charge in [0.05, 0.1) is 6.61 Å². The highest BCUT2D eigenvalue weighted by Gasteiger charge is 2.10. The van der Waals surface area contributed by atoms with Gasteiger partial charge in [-0.3, -0.25) is 4.79 Å². The predicted molar refractivity (Wildman–Crippen MR) is 108 cm³/mol. The molecule has 138 valence electrons.